The molecule has 162 valence electrons. The summed E-state index contributed by atoms with van der Waals surface area (Å²) < 4.78 is 84.2. The number of halogens is 6. The van der Waals surface area contributed by atoms with Gasteiger partial charge in [-0.15, -0.1) is 0 Å². The van der Waals surface area contributed by atoms with Gasteiger partial charge < -0.3 is 4.74 Å². The topological polar surface area (TPSA) is 26.3 Å². The average molecular weight is 438 g/mol. The minimum atomic E-state index is -4.84. The molecule has 3 aromatic carbocycles. The van der Waals surface area contributed by atoms with Gasteiger partial charge in [0.1, 0.15) is 5.75 Å². The third-order valence-corrected chi connectivity index (χ3v) is 4.85. The number of aryl methyl sites for hydroxylation is 1. The van der Waals surface area contributed by atoms with Crippen LogP contribution in [0, 0.1) is 13.8 Å². The van der Waals surface area contributed by atoms with Gasteiger partial charge in [-0.25, -0.2) is 4.79 Å². The average Bonchev–Trinajstić information content (AvgIpc) is 2.69. The summed E-state index contributed by atoms with van der Waals surface area (Å²) in [5, 5.41) is 0. The highest BCUT2D eigenvalue weighted by atomic mass is 19.4. The van der Waals surface area contributed by atoms with Crippen molar-refractivity contribution in [1.29, 1.82) is 0 Å². The van der Waals surface area contributed by atoms with Gasteiger partial charge in [0.05, 0.1) is 16.7 Å². The highest BCUT2D eigenvalue weighted by Crippen LogP contribution is 2.41. The van der Waals surface area contributed by atoms with Crippen molar-refractivity contribution in [3.63, 3.8) is 0 Å². The van der Waals surface area contributed by atoms with Crippen LogP contribution >= 0.6 is 0 Å². The first kappa shape index (κ1) is 22.4. The van der Waals surface area contributed by atoms with Crippen molar-refractivity contribution in [2.24, 2.45) is 0 Å². The lowest BCUT2D eigenvalue weighted by atomic mass is 9.96. The zero-order valence-corrected chi connectivity index (χ0v) is 16.4. The van der Waals surface area contributed by atoms with E-state index in [-0.39, 0.29) is 11.3 Å². The van der Waals surface area contributed by atoms with Crippen LogP contribution in [0.3, 0.4) is 0 Å². The molecule has 0 spiro atoms. The molecule has 3 aromatic rings. The maximum Gasteiger partial charge on any atom is 0.417 e. The molecule has 0 aliphatic carbocycles. The monoisotopic (exact) mass is 438 g/mol. The van der Waals surface area contributed by atoms with E-state index in [1.54, 1.807) is 19.1 Å². The molecule has 8 heteroatoms. The summed E-state index contributed by atoms with van der Waals surface area (Å²) >= 11 is 0. The molecule has 0 heterocycles. The van der Waals surface area contributed by atoms with Crippen molar-refractivity contribution in [2.45, 2.75) is 26.2 Å². The normalized spacial score (nSPS) is 12.0. The number of hydrogen-bond donors (Lipinski definition) is 0. The Morgan fingerprint density at radius 1 is 0.806 bits per heavy atom. The second-order valence-corrected chi connectivity index (χ2v) is 6.92. The van der Waals surface area contributed by atoms with Crippen molar-refractivity contribution in [1.82, 2.24) is 0 Å². The van der Waals surface area contributed by atoms with Crippen molar-refractivity contribution in [3.8, 4) is 16.9 Å². The Morgan fingerprint density at radius 3 is 2.03 bits per heavy atom. The Bertz CT molecular complexity index is 1110. The van der Waals surface area contributed by atoms with Gasteiger partial charge in [0.15, 0.2) is 0 Å². The van der Waals surface area contributed by atoms with Gasteiger partial charge in [0, 0.05) is 0 Å². The number of alkyl halides is 6. The Balaban J connectivity index is 1.94. The van der Waals surface area contributed by atoms with Crippen molar-refractivity contribution in [3.05, 3.63) is 88.5 Å². The number of ether oxygens (including phenoxy) is 1. The fraction of sp³-hybridized carbons (Fsp3) is 0.174. The van der Waals surface area contributed by atoms with E-state index in [1.165, 1.54) is 24.3 Å². The Hall–Kier alpha value is -3.29. The summed E-state index contributed by atoms with van der Waals surface area (Å²) in [4.78, 5) is 12.4. The van der Waals surface area contributed by atoms with E-state index >= 15 is 0 Å². The highest BCUT2D eigenvalue weighted by molar-refractivity contribution is 5.93. The van der Waals surface area contributed by atoms with E-state index in [4.69, 9.17) is 4.74 Å². The summed E-state index contributed by atoms with van der Waals surface area (Å²) in [5.74, 6) is -0.598. The molecule has 3 rings (SSSR count). The molecule has 0 fully saturated rings. The van der Waals surface area contributed by atoms with Gasteiger partial charge >= 0.3 is 18.3 Å². The van der Waals surface area contributed by atoms with Crippen LogP contribution in [-0.4, -0.2) is 5.97 Å². The van der Waals surface area contributed by atoms with Crippen LogP contribution in [0.15, 0.2) is 60.7 Å². The number of carbonyl (C=O) groups excluding carboxylic acids is 1. The van der Waals surface area contributed by atoms with E-state index in [0.717, 1.165) is 11.1 Å². The first-order valence-corrected chi connectivity index (χ1v) is 9.05. The molecule has 31 heavy (non-hydrogen) atoms. The standard InChI is InChI=1S/C23H16F6O2/c1-13-4-3-5-18(14(13)2)21(30)31-17-9-6-15(7-10-17)19-12-16(22(24,25)26)8-11-20(19)23(27,28)29/h3-12H,1-2H3. The third-order valence-electron chi connectivity index (χ3n) is 4.85. The number of benzene rings is 3. The molecule has 0 amide bonds. The summed E-state index contributed by atoms with van der Waals surface area (Å²) in [5.41, 5.74) is -1.15. The molecule has 0 bridgehead atoms. The molecule has 0 saturated heterocycles. The molecule has 2 nitrogen and oxygen atoms in total. The summed E-state index contributed by atoms with van der Waals surface area (Å²) in [7, 11) is 0. The van der Waals surface area contributed by atoms with E-state index in [2.05, 4.69) is 0 Å². The fourth-order valence-electron chi connectivity index (χ4n) is 3.04. The van der Waals surface area contributed by atoms with Gasteiger partial charge in [0.25, 0.3) is 0 Å². The smallest absolute Gasteiger partial charge is 0.417 e. The first-order valence-electron chi connectivity index (χ1n) is 9.05. The summed E-state index contributed by atoms with van der Waals surface area (Å²) in [6.45, 7) is 3.58. The quantitative estimate of drug-likeness (QED) is 0.245. The predicted molar refractivity (Wildman–Crippen MR) is 103 cm³/mol. The summed E-state index contributed by atoms with van der Waals surface area (Å²) in [6, 6.07) is 11.2. The zero-order valence-electron chi connectivity index (χ0n) is 16.4. The Labute approximate surface area is 174 Å². The molecule has 0 aliphatic heterocycles. The second kappa shape index (κ2) is 8.09. The van der Waals surface area contributed by atoms with Crippen LogP contribution in [0.2, 0.25) is 0 Å². The lowest BCUT2D eigenvalue weighted by Crippen LogP contribution is -2.11. The van der Waals surface area contributed by atoms with E-state index in [1.807, 2.05) is 13.0 Å². The summed E-state index contributed by atoms with van der Waals surface area (Å²) in [6.07, 6.45) is -9.63. The maximum atomic E-state index is 13.3. The Morgan fingerprint density at radius 2 is 1.45 bits per heavy atom. The molecule has 0 N–H and O–H groups in total. The Kier molecular flexibility index (Phi) is 5.85. The van der Waals surface area contributed by atoms with Crippen LogP contribution in [0.1, 0.15) is 32.6 Å². The van der Waals surface area contributed by atoms with Crippen molar-refractivity contribution < 1.29 is 35.9 Å². The second-order valence-electron chi connectivity index (χ2n) is 6.92. The van der Waals surface area contributed by atoms with E-state index in [0.29, 0.717) is 23.8 Å². The van der Waals surface area contributed by atoms with Crippen molar-refractivity contribution >= 4 is 5.97 Å². The van der Waals surface area contributed by atoms with Crippen LogP contribution < -0.4 is 4.74 Å². The SMILES string of the molecule is Cc1cccc(C(=O)Oc2ccc(-c3cc(C(F)(F)F)ccc3C(F)(F)F)cc2)c1C. The van der Waals surface area contributed by atoms with E-state index in [9.17, 15) is 31.1 Å². The predicted octanol–water partition coefficient (Wildman–Crippen LogP) is 7.23. The largest absolute Gasteiger partial charge is 0.423 e. The van der Waals surface area contributed by atoms with Crippen LogP contribution in [-0.2, 0) is 12.4 Å². The molecular weight excluding hydrogens is 422 g/mol. The highest BCUT2D eigenvalue weighted by Gasteiger charge is 2.37. The molecule has 0 radical (unpaired) electrons. The minimum Gasteiger partial charge on any atom is -0.423 e. The van der Waals surface area contributed by atoms with Crippen LogP contribution in [0.25, 0.3) is 11.1 Å². The molecule has 0 atom stereocenters. The molecular formula is C23H16F6O2. The zero-order chi connectivity index (χ0) is 23.0. The molecule has 0 saturated carbocycles. The van der Waals surface area contributed by atoms with Gasteiger partial charge in [-0.3, -0.25) is 0 Å². The number of hydrogen-bond acceptors (Lipinski definition) is 2. The molecule has 0 aromatic heterocycles. The van der Waals surface area contributed by atoms with Crippen LogP contribution in [0.5, 0.6) is 5.75 Å². The fourth-order valence-corrected chi connectivity index (χ4v) is 3.04. The van der Waals surface area contributed by atoms with Crippen LogP contribution in [0.4, 0.5) is 26.3 Å². The molecule has 0 aliphatic rings. The number of rotatable bonds is 3. The number of carbonyl (C=O) groups is 1. The van der Waals surface area contributed by atoms with Gasteiger partial charge in [-0.2, -0.15) is 26.3 Å². The third kappa shape index (κ3) is 4.90. The van der Waals surface area contributed by atoms with Gasteiger partial charge in [0.2, 0.25) is 0 Å². The molecule has 0 unspecified atom stereocenters. The number of esters is 1. The van der Waals surface area contributed by atoms with Gasteiger partial charge in [-0.1, -0.05) is 24.3 Å². The first-order chi connectivity index (χ1) is 14.4. The van der Waals surface area contributed by atoms with E-state index < -0.39 is 35.0 Å². The lowest BCUT2D eigenvalue weighted by Gasteiger charge is -2.16. The van der Waals surface area contributed by atoms with Crippen molar-refractivity contribution in [2.75, 3.05) is 0 Å². The minimum absolute atomic E-state index is 0.0511. The lowest BCUT2D eigenvalue weighted by molar-refractivity contribution is -0.141. The maximum absolute atomic E-state index is 13.3. The van der Waals surface area contributed by atoms with Gasteiger partial charge in [-0.05, 0) is 72.5 Å².